The van der Waals surface area contributed by atoms with Gasteiger partial charge in [0, 0.05) is 19.8 Å². The van der Waals surface area contributed by atoms with Gasteiger partial charge in [0.25, 0.3) is 0 Å². The maximum atomic E-state index is 4.40. The molecule has 0 bridgehead atoms. The molecule has 0 amide bonds. The summed E-state index contributed by atoms with van der Waals surface area (Å²) >= 11 is 0. The van der Waals surface area contributed by atoms with E-state index in [2.05, 4.69) is 45.4 Å². The first-order valence-electron chi connectivity index (χ1n) is 8.76. The summed E-state index contributed by atoms with van der Waals surface area (Å²) in [5.41, 5.74) is 2.27. The van der Waals surface area contributed by atoms with Gasteiger partial charge < -0.3 is 15.5 Å². The van der Waals surface area contributed by atoms with Crippen LogP contribution in [0.2, 0.25) is 0 Å². The van der Waals surface area contributed by atoms with Crippen molar-refractivity contribution in [1.29, 1.82) is 0 Å². The van der Waals surface area contributed by atoms with Crippen molar-refractivity contribution in [2.24, 2.45) is 10.9 Å². The molecule has 6 heteroatoms. The maximum absolute atomic E-state index is 4.40. The summed E-state index contributed by atoms with van der Waals surface area (Å²) in [6.07, 6.45) is 5.68. The molecule has 0 saturated carbocycles. The lowest BCUT2D eigenvalue weighted by atomic mass is 9.99. The summed E-state index contributed by atoms with van der Waals surface area (Å²) in [4.78, 5) is 11.3. The number of aromatic nitrogens is 1. The number of hydrogen-bond donors (Lipinski definition) is 2. The topological polar surface area (TPSA) is 52.6 Å². The highest BCUT2D eigenvalue weighted by Gasteiger charge is 2.14. The highest BCUT2D eigenvalue weighted by Crippen LogP contribution is 2.15. The molecule has 1 aromatic rings. The summed E-state index contributed by atoms with van der Waals surface area (Å²) in [5, 5.41) is 6.73. The third-order valence-electron chi connectivity index (χ3n) is 4.58. The van der Waals surface area contributed by atoms with Crippen molar-refractivity contribution in [2.45, 2.75) is 39.7 Å². The molecule has 1 fully saturated rings. The van der Waals surface area contributed by atoms with Gasteiger partial charge in [-0.3, -0.25) is 9.98 Å². The van der Waals surface area contributed by atoms with Crippen molar-refractivity contribution in [2.75, 3.05) is 33.2 Å². The van der Waals surface area contributed by atoms with Crippen molar-refractivity contribution < 1.29 is 0 Å². The van der Waals surface area contributed by atoms with Gasteiger partial charge in [0.2, 0.25) is 0 Å². The number of nitrogens with one attached hydrogen (secondary N) is 2. The third kappa shape index (κ3) is 7.34. The lowest BCUT2D eigenvalue weighted by Gasteiger charge is -2.30. The number of aryl methyl sites for hydroxylation is 1. The molecule has 0 aliphatic carbocycles. The number of likely N-dealkylation sites (tertiary alicyclic amines) is 1. The number of halogens is 1. The zero-order valence-electron chi connectivity index (χ0n) is 15.2. The van der Waals surface area contributed by atoms with Crippen molar-refractivity contribution >= 4 is 29.9 Å². The van der Waals surface area contributed by atoms with Gasteiger partial charge in [-0.2, -0.15) is 0 Å². The van der Waals surface area contributed by atoms with Crippen LogP contribution in [-0.4, -0.2) is 49.1 Å². The zero-order chi connectivity index (χ0) is 16.5. The summed E-state index contributed by atoms with van der Waals surface area (Å²) < 4.78 is 0. The van der Waals surface area contributed by atoms with Crippen LogP contribution in [0, 0.1) is 12.8 Å². The number of nitrogens with zero attached hydrogens (tertiary/aromatic N) is 3. The van der Waals surface area contributed by atoms with E-state index in [-0.39, 0.29) is 24.0 Å². The van der Waals surface area contributed by atoms with E-state index in [0.717, 1.165) is 30.5 Å². The lowest BCUT2D eigenvalue weighted by Crippen LogP contribution is -2.39. The Balaban J connectivity index is 0.00000288. The van der Waals surface area contributed by atoms with Crippen LogP contribution in [0.5, 0.6) is 0 Å². The predicted molar refractivity (Wildman–Crippen MR) is 112 cm³/mol. The fourth-order valence-corrected chi connectivity index (χ4v) is 2.89. The highest BCUT2D eigenvalue weighted by molar-refractivity contribution is 14.0. The molecule has 0 aromatic carbocycles. The van der Waals surface area contributed by atoms with E-state index in [0.29, 0.717) is 6.54 Å². The maximum Gasteiger partial charge on any atom is 0.191 e. The van der Waals surface area contributed by atoms with E-state index >= 15 is 0 Å². The van der Waals surface area contributed by atoms with Gasteiger partial charge in [0.1, 0.15) is 0 Å². The van der Waals surface area contributed by atoms with Crippen LogP contribution < -0.4 is 10.6 Å². The average molecular weight is 445 g/mol. The Bertz CT molecular complexity index is 498. The first-order chi connectivity index (χ1) is 11.2. The van der Waals surface area contributed by atoms with E-state index in [1.54, 1.807) is 0 Å². The fraction of sp³-hybridized carbons (Fsp3) is 0.667. The van der Waals surface area contributed by atoms with Gasteiger partial charge in [0.05, 0.1) is 12.2 Å². The smallest absolute Gasteiger partial charge is 0.191 e. The molecule has 1 saturated heterocycles. The highest BCUT2D eigenvalue weighted by atomic mass is 127. The van der Waals surface area contributed by atoms with Crippen LogP contribution in [0.15, 0.2) is 23.3 Å². The summed E-state index contributed by atoms with van der Waals surface area (Å²) in [7, 11) is 1.81. The quantitative estimate of drug-likeness (QED) is 0.306. The second-order valence-corrected chi connectivity index (χ2v) is 6.50. The number of piperidine rings is 1. The van der Waals surface area contributed by atoms with Crippen molar-refractivity contribution in [3.63, 3.8) is 0 Å². The van der Waals surface area contributed by atoms with Crippen molar-refractivity contribution in [3.8, 4) is 0 Å². The Labute approximate surface area is 163 Å². The molecular formula is C18H32IN5. The van der Waals surface area contributed by atoms with Crippen molar-refractivity contribution in [3.05, 3.63) is 29.6 Å². The molecular weight excluding hydrogens is 413 g/mol. The van der Waals surface area contributed by atoms with E-state index in [4.69, 9.17) is 0 Å². The Kier molecular flexibility index (Phi) is 10.2. The fourth-order valence-electron chi connectivity index (χ4n) is 2.89. The summed E-state index contributed by atoms with van der Waals surface area (Å²) in [6.45, 7) is 9.79. The monoisotopic (exact) mass is 445 g/mol. The Morgan fingerprint density at radius 1 is 1.33 bits per heavy atom. The molecule has 136 valence electrons. The molecule has 2 N–H and O–H groups in total. The van der Waals surface area contributed by atoms with Gasteiger partial charge in [-0.15, -0.1) is 24.0 Å². The Morgan fingerprint density at radius 2 is 2.08 bits per heavy atom. The standard InChI is InChI=1S/C18H31N5.HI/c1-15-7-12-23(13-8-15)11-5-10-21-18(19-3)22-14-17-16(2)6-4-9-20-17;/h4,6,9,15H,5,7-8,10-14H2,1-3H3,(H2,19,21,22);1H. The third-order valence-corrected chi connectivity index (χ3v) is 4.58. The molecule has 0 radical (unpaired) electrons. The second kappa shape index (κ2) is 11.6. The zero-order valence-corrected chi connectivity index (χ0v) is 17.5. The van der Waals surface area contributed by atoms with Gasteiger partial charge in [-0.25, -0.2) is 0 Å². The van der Waals surface area contributed by atoms with Gasteiger partial charge in [0.15, 0.2) is 5.96 Å². The molecule has 0 spiro atoms. The molecule has 1 aromatic heterocycles. The van der Waals surface area contributed by atoms with Crippen LogP contribution in [-0.2, 0) is 6.54 Å². The predicted octanol–water partition coefficient (Wildman–Crippen LogP) is 2.80. The molecule has 0 atom stereocenters. The van der Waals surface area contributed by atoms with E-state index in [1.807, 2.05) is 19.3 Å². The minimum atomic E-state index is 0. The average Bonchev–Trinajstić information content (AvgIpc) is 2.57. The number of aliphatic imine (C=N–C) groups is 1. The molecule has 2 heterocycles. The van der Waals surface area contributed by atoms with Crippen LogP contribution >= 0.6 is 24.0 Å². The first kappa shape index (κ1) is 21.2. The van der Waals surface area contributed by atoms with Gasteiger partial charge in [-0.05, 0) is 63.4 Å². The number of guanidine groups is 1. The SMILES string of the molecule is CN=C(NCCCN1CCC(C)CC1)NCc1ncccc1C.I. The van der Waals surface area contributed by atoms with Crippen LogP contribution in [0.3, 0.4) is 0 Å². The normalized spacial score (nSPS) is 16.5. The van der Waals surface area contributed by atoms with Crippen LogP contribution in [0.4, 0.5) is 0 Å². The number of hydrogen-bond acceptors (Lipinski definition) is 3. The summed E-state index contributed by atoms with van der Waals surface area (Å²) in [6, 6.07) is 4.05. The molecule has 2 rings (SSSR count). The van der Waals surface area contributed by atoms with E-state index in [9.17, 15) is 0 Å². The van der Waals surface area contributed by atoms with Gasteiger partial charge in [-0.1, -0.05) is 13.0 Å². The second-order valence-electron chi connectivity index (χ2n) is 6.50. The van der Waals surface area contributed by atoms with Crippen molar-refractivity contribution in [1.82, 2.24) is 20.5 Å². The molecule has 5 nitrogen and oxygen atoms in total. The lowest BCUT2D eigenvalue weighted by molar-refractivity contribution is 0.191. The largest absolute Gasteiger partial charge is 0.356 e. The first-order valence-corrected chi connectivity index (χ1v) is 8.76. The van der Waals surface area contributed by atoms with E-state index < -0.39 is 0 Å². The molecule has 24 heavy (non-hydrogen) atoms. The minimum absolute atomic E-state index is 0. The number of pyridine rings is 1. The Hall–Kier alpha value is -0.890. The molecule has 1 aliphatic heterocycles. The summed E-state index contributed by atoms with van der Waals surface area (Å²) in [5.74, 6) is 1.75. The molecule has 1 aliphatic rings. The Morgan fingerprint density at radius 3 is 2.75 bits per heavy atom. The van der Waals surface area contributed by atoms with E-state index in [1.165, 1.54) is 38.0 Å². The molecule has 0 unspecified atom stereocenters. The minimum Gasteiger partial charge on any atom is -0.356 e. The van der Waals surface area contributed by atoms with Crippen LogP contribution in [0.1, 0.15) is 37.4 Å². The van der Waals surface area contributed by atoms with Gasteiger partial charge >= 0.3 is 0 Å². The van der Waals surface area contributed by atoms with Crippen LogP contribution in [0.25, 0.3) is 0 Å². The number of rotatable bonds is 6.